The average Bonchev–Trinajstić information content (AvgIpc) is 2.80. The van der Waals surface area contributed by atoms with Crippen LogP contribution in [-0.2, 0) is 19.1 Å². The predicted octanol–water partition coefficient (Wildman–Crippen LogP) is 4.01. The average molecular weight is 479 g/mol. The van der Waals surface area contributed by atoms with Crippen LogP contribution in [0.1, 0.15) is 37.8 Å². The molecule has 7 heteroatoms. The third-order valence-corrected chi connectivity index (χ3v) is 6.16. The van der Waals surface area contributed by atoms with Crippen LogP contribution in [-0.4, -0.2) is 49.6 Å². The van der Waals surface area contributed by atoms with Gasteiger partial charge in [0.05, 0.1) is 11.2 Å². The van der Waals surface area contributed by atoms with E-state index in [0.29, 0.717) is 12.0 Å². The SMILES string of the molecule is Cn1ccc(-c2ccc(CCN(CC[C@](O)(CC(C)(C)O)c3ccccc3)C(=O)O)cc2)cc1=O. The van der Waals surface area contributed by atoms with Crippen molar-refractivity contribution in [2.24, 2.45) is 7.05 Å². The Labute approximate surface area is 205 Å². The van der Waals surface area contributed by atoms with Crippen LogP contribution in [0.3, 0.4) is 0 Å². The van der Waals surface area contributed by atoms with Gasteiger partial charge in [-0.05, 0) is 55.0 Å². The zero-order valence-electron chi connectivity index (χ0n) is 20.5. The predicted molar refractivity (Wildman–Crippen MR) is 136 cm³/mol. The van der Waals surface area contributed by atoms with Crippen LogP contribution in [0.2, 0.25) is 0 Å². The summed E-state index contributed by atoms with van der Waals surface area (Å²) >= 11 is 0. The molecule has 186 valence electrons. The molecule has 0 unspecified atom stereocenters. The highest BCUT2D eigenvalue weighted by Gasteiger charge is 2.35. The van der Waals surface area contributed by atoms with Gasteiger partial charge in [0.2, 0.25) is 0 Å². The number of pyridine rings is 1. The zero-order valence-corrected chi connectivity index (χ0v) is 20.5. The summed E-state index contributed by atoms with van der Waals surface area (Å²) in [5.41, 5.74) is 0.811. The smallest absolute Gasteiger partial charge is 0.407 e. The number of carbonyl (C=O) groups is 1. The van der Waals surface area contributed by atoms with Crippen LogP contribution >= 0.6 is 0 Å². The Bertz CT molecular complexity index is 1180. The summed E-state index contributed by atoms with van der Waals surface area (Å²) in [5, 5.41) is 31.5. The highest BCUT2D eigenvalue weighted by molar-refractivity contribution is 5.65. The van der Waals surface area contributed by atoms with E-state index in [1.165, 1.54) is 9.47 Å². The van der Waals surface area contributed by atoms with Crippen molar-refractivity contribution in [3.63, 3.8) is 0 Å². The molecule has 0 fully saturated rings. The molecule has 1 atom stereocenters. The van der Waals surface area contributed by atoms with Gasteiger partial charge < -0.3 is 24.8 Å². The normalized spacial score (nSPS) is 13.3. The maximum Gasteiger partial charge on any atom is 0.407 e. The third kappa shape index (κ3) is 7.28. The Morgan fingerprint density at radius 1 is 0.943 bits per heavy atom. The van der Waals surface area contributed by atoms with Gasteiger partial charge in [-0.3, -0.25) is 4.79 Å². The molecule has 0 aliphatic carbocycles. The maximum atomic E-state index is 11.9. The molecule has 3 N–H and O–H groups in total. The van der Waals surface area contributed by atoms with Crippen molar-refractivity contribution in [2.75, 3.05) is 13.1 Å². The Morgan fingerprint density at radius 3 is 2.17 bits per heavy atom. The number of aryl methyl sites for hydroxylation is 1. The standard InChI is InChI=1S/C28H34N2O5/c1-27(2,34)20-28(35,24-7-5-4-6-8-24)15-18-30(26(32)33)17-13-21-9-11-22(12-10-21)23-14-16-29(3)25(31)19-23/h4-12,14,16,19,34-35H,13,15,17-18,20H2,1-3H3,(H,32,33)/t28-/m0/s1. The fraction of sp³-hybridized carbons (Fsp3) is 0.357. The first-order valence-corrected chi connectivity index (χ1v) is 11.7. The van der Waals surface area contributed by atoms with Gasteiger partial charge in [-0.15, -0.1) is 0 Å². The quantitative estimate of drug-likeness (QED) is 0.409. The molecule has 35 heavy (non-hydrogen) atoms. The molecular weight excluding hydrogens is 444 g/mol. The van der Waals surface area contributed by atoms with Gasteiger partial charge in [0, 0.05) is 38.8 Å². The van der Waals surface area contributed by atoms with E-state index in [1.807, 2.05) is 48.5 Å². The van der Waals surface area contributed by atoms with Gasteiger partial charge in [0.25, 0.3) is 5.56 Å². The molecule has 0 spiro atoms. The lowest BCUT2D eigenvalue weighted by Gasteiger charge is -2.35. The number of hydrogen-bond acceptors (Lipinski definition) is 4. The number of rotatable bonds is 10. The van der Waals surface area contributed by atoms with E-state index in [2.05, 4.69) is 0 Å². The molecular formula is C28H34N2O5. The number of carboxylic acid groups (broad SMARTS) is 1. The van der Waals surface area contributed by atoms with Crippen LogP contribution < -0.4 is 5.56 Å². The third-order valence-electron chi connectivity index (χ3n) is 6.16. The summed E-state index contributed by atoms with van der Waals surface area (Å²) in [6.07, 6.45) is 1.43. The van der Waals surface area contributed by atoms with E-state index >= 15 is 0 Å². The van der Waals surface area contributed by atoms with Crippen molar-refractivity contribution < 1.29 is 20.1 Å². The van der Waals surface area contributed by atoms with Crippen molar-refractivity contribution in [1.82, 2.24) is 9.47 Å². The van der Waals surface area contributed by atoms with Gasteiger partial charge in [0.15, 0.2) is 0 Å². The topological polar surface area (TPSA) is 103 Å². The zero-order chi connectivity index (χ0) is 25.6. The monoisotopic (exact) mass is 478 g/mol. The van der Waals surface area contributed by atoms with Gasteiger partial charge in [0.1, 0.15) is 0 Å². The van der Waals surface area contributed by atoms with Crippen molar-refractivity contribution in [1.29, 1.82) is 0 Å². The molecule has 7 nitrogen and oxygen atoms in total. The van der Waals surface area contributed by atoms with Crippen LogP contribution in [0.4, 0.5) is 4.79 Å². The second-order valence-electron chi connectivity index (χ2n) is 9.72. The molecule has 0 bridgehead atoms. The fourth-order valence-electron chi connectivity index (χ4n) is 4.28. The Balaban J connectivity index is 1.67. The summed E-state index contributed by atoms with van der Waals surface area (Å²) < 4.78 is 1.51. The summed E-state index contributed by atoms with van der Waals surface area (Å²) in [6, 6.07) is 20.2. The van der Waals surface area contributed by atoms with Crippen LogP contribution in [0.25, 0.3) is 11.1 Å². The lowest BCUT2D eigenvalue weighted by molar-refractivity contribution is -0.0588. The molecule has 0 aliphatic rings. The minimum Gasteiger partial charge on any atom is -0.465 e. The first-order valence-electron chi connectivity index (χ1n) is 11.7. The molecule has 3 aromatic rings. The molecule has 0 saturated heterocycles. The van der Waals surface area contributed by atoms with Gasteiger partial charge in [-0.25, -0.2) is 4.79 Å². The number of aliphatic hydroxyl groups is 2. The van der Waals surface area contributed by atoms with E-state index in [4.69, 9.17) is 0 Å². The van der Waals surface area contributed by atoms with Crippen molar-refractivity contribution in [3.05, 3.63) is 94.4 Å². The number of amides is 1. The van der Waals surface area contributed by atoms with E-state index in [1.54, 1.807) is 45.3 Å². The van der Waals surface area contributed by atoms with Gasteiger partial charge in [-0.1, -0.05) is 54.6 Å². The number of aromatic nitrogens is 1. The minimum atomic E-state index is -1.36. The Kier molecular flexibility index (Phi) is 8.14. The number of nitrogens with zero attached hydrogens (tertiary/aromatic N) is 2. The van der Waals surface area contributed by atoms with Crippen molar-refractivity contribution >= 4 is 6.09 Å². The largest absolute Gasteiger partial charge is 0.465 e. The van der Waals surface area contributed by atoms with Crippen LogP contribution in [0, 0.1) is 0 Å². The molecule has 2 aromatic carbocycles. The molecule has 3 rings (SSSR count). The van der Waals surface area contributed by atoms with E-state index < -0.39 is 17.3 Å². The van der Waals surface area contributed by atoms with Crippen molar-refractivity contribution in [3.8, 4) is 11.1 Å². The van der Waals surface area contributed by atoms with E-state index in [-0.39, 0.29) is 31.5 Å². The maximum absolute atomic E-state index is 11.9. The van der Waals surface area contributed by atoms with E-state index in [9.17, 15) is 24.9 Å². The number of hydrogen-bond donors (Lipinski definition) is 3. The summed E-state index contributed by atoms with van der Waals surface area (Å²) in [5.74, 6) is 0. The molecule has 1 heterocycles. The van der Waals surface area contributed by atoms with Gasteiger partial charge in [-0.2, -0.15) is 0 Å². The van der Waals surface area contributed by atoms with Crippen LogP contribution in [0.15, 0.2) is 77.7 Å². The fourth-order valence-corrected chi connectivity index (χ4v) is 4.28. The second kappa shape index (κ2) is 10.9. The molecule has 1 amide bonds. The summed E-state index contributed by atoms with van der Waals surface area (Å²) in [6.45, 7) is 3.66. The number of benzene rings is 2. The van der Waals surface area contributed by atoms with Crippen LogP contribution in [0.5, 0.6) is 0 Å². The van der Waals surface area contributed by atoms with Crippen molar-refractivity contribution in [2.45, 2.75) is 44.3 Å². The highest BCUT2D eigenvalue weighted by atomic mass is 16.4. The molecule has 0 radical (unpaired) electrons. The molecule has 0 aliphatic heterocycles. The minimum absolute atomic E-state index is 0.0799. The molecule has 0 saturated carbocycles. The first kappa shape index (κ1) is 26.2. The highest BCUT2D eigenvalue weighted by Crippen LogP contribution is 2.34. The Morgan fingerprint density at radius 2 is 1.60 bits per heavy atom. The summed E-state index contributed by atoms with van der Waals surface area (Å²) in [4.78, 5) is 25.1. The summed E-state index contributed by atoms with van der Waals surface area (Å²) in [7, 11) is 1.70. The van der Waals surface area contributed by atoms with Gasteiger partial charge >= 0.3 is 6.09 Å². The molecule has 1 aromatic heterocycles. The Hall–Kier alpha value is -3.42. The first-order chi connectivity index (χ1) is 16.5. The van der Waals surface area contributed by atoms with E-state index in [0.717, 1.165) is 16.7 Å². The lowest BCUT2D eigenvalue weighted by Crippen LogP contribution is -2.41. The lowest BCUT2D eigenvalue weighted by atomic mass is 9.81. The second-order valence-corrected chi connectivity index (χ2v) is 9.72.